The van der Waals surface area contributed by atoms with Gasteiger partial charge in [0.25, 0.3) is 0 Å². The van der Waals surface area contributed by atoms with Crippen LogP contribution in [0.25, 0.3) is 5.57 Å². The van der Waals surface area contributed by atoms with Crippen LogP contribution in [0.15, 0.2) is 29.8 Å². The second kappa shape index (κ2) is 3.13. The smallest absolute Gasteiger partial charge is 0.0632 e. The summed E-state index contributed by atoms with van der Waals surface area (Å²) in [4.78, 5) is 2.60. The summed E-state index contributed by atoms with van der Waals surface area (Å²) in [7, 11) is 0. The van der Waals surface area contributed by atoms with E-state index in [0.717, 1.165) is 0 Å². The van der Waals surface area contributed by atoms with Crippen LogP contribution in [0.3, 0.4) is 0 Å². The van der Waals surface area contributed by atoms with E-state index in [-0.39, 0.29) is 5.54 Å². The minimum atomic E-state index is 0.266. The molecule has 1 nitrogen and oxygen atoms in total. The van der Waals surface area contributed by atoms with Gasteiger partial charge in [0.05, 0.1) is 5.54 Å². The number of hydrogen-bond donors (Lipinski definition) is 0. The molecule has 3 rings (SSSR count). The minimum absolute atomic E-state index is 0.266. The first-order chi connectivity index (χ1) is 7.64. The zero-order chi connectivity index (χ0) is 11.3. The molecule has 0 N–H and O–H groups in total. The predicted molar refractivity (Wildman–Crippen MR) is 69.7 cm³/mol. The number of hydrogen-bond acceptors (Lipinski definition) is 1. The second-order valence-electron chi connectivity index (χ2n) is 5.42. The molecule has 0 radical (unpaired) electrons. The van der Waals surface area contributed by atoms with Gasteiger partial charge in [-0.2, -0.15) is 0 Å². The van der Waals surface area contributed by atoms with Gasteiger partial charge in [-0.05, 0) is 45.3 Å². The van der Waals surface area contributed by atoms with Gasteiger partial charge in [0.15, 0.2) is 0 Å². The third-order valence-electron chi connectivity index (χ3n) is 4.14. The lowest BCUT2D eigenvalue weighted by Crippen LogP contribution is -2.37. The van der Waals surface area contributed by atoms with Crippen molar-refractivity contribution in [1.82, 2.24) is 0 Å². The van der Waals surface area contributed by atoms with E-state index < -0.39 is 0 Å². The van der Waals surface area contributed by atoms with Gasteiger partial charge in [-0.25, -0.2) is 0 Å². The first-order valence-corrected chi connectivity index (χ1v) is 6.19. The number of benzene rings is 1. The van der Waals surface area contributed by atoms with Crippen molar-refractivity contribution in [2.75, 3.05) is 11.4 Å². The summed E-state index contributed by atoms with van der Waals surface area (Å²) in [5.74, 6) is 0. The quantitative estimate of drug-likeness (QED) is 0.632. The number of anilines is 1. The summed E-state index contributed by atoms with van der Waals surface area (Å²) in [6.45, 7) is 8.12. The fourth-order valence-corrected chi connectivity index (χ4v) is 3.63. The van der Waals surface area contributed by atoms with Gasteiger partial charge in [0.1, 0.15) is 0 Å². The fourth-order valence-electron chi connectivity index (χ4n) is 3.63. The lowest BCUT2D eigenvalue weighted by Gasteiger charge is -2.31. The van der Waals surface area contributed by atoms with E-state index >= 15 is 0 Å². The van der Waals surface area contributed by atoms with Gasteiger partial charge in [-0.3, -0.25) is 0 Å². The summed E-state index contributed by atoms with van der Waals surface area (Å²) < 4.78 is 0. The standard InChI is InChI=1S/C15H19N/c1-11(2)14-12-7-4-5-8-13(12)16-10-6-9-15(14,16)3/h4-5,7-8H,6,9-10H2,1-3H3/t15-/m0/s1. The maximum Gasteiger partial charge on any atom is 0.0632 e. The molecule has 1 heteroatoms. The molecular formula is C15H19N. The Hall–Kier alpha value is -1.24. The van der Waals surface area contributed by atoms with E-state index in [1.54, 1.807) is 5.57 Å². The summed E-state index contributed by atoms with van der Waals surface area (Å²) in [6, 6.07) is 8.87. The molecule has 2 aliphatic heterocycles. The molecule has 0 aromatic heterocycles. The normalized spacial score (nSPS) is 26.9. The summed E-state index contributed by atoms with van der Waals surface area (Å²) in [6.07, 6.45) is 2.61. The maximum atomic E-state index is 2.60. The average Bonchev–Trinajstić information content (AvgIpc) is 2.70. The van der Waals surface area contributed by atoms with Crippen molar-refractivity contribution >= 4 is 11.3 Å². The minimum Gasteiger partial charge on any atom is -0.362 e. The monoisotopic (exact) mass is 213 g/mol. The van der Waals surface area contributed by atoms with Crippen molar-refractivity contribution in [3.63, 3.8) is 0 Å². The van der Waals surface area contributed by atoms with Crippen LogP contribution in [0.5, 0.6) is 0 Å². The molecule has 0 saturated carbocycles. The van der Waals surface area contributed by atoms with Crippen LogP contribution in [0.2, 0.25) is 0 Å². The Morgan fingerprint density at radius 3 is 2.75 bits per heavy atom. The van der Waals surface area contributed by atoms with Gasteiger partial charge in [-0.15, -0.1) is 0 Å². The number of fused-ring (bicyclic) bond motifs is 3. The van der Waals surface area contributed by atoms with Crippen LogP contribution in [0, 0.1) is 0 Å². The largest absolute Gasteiger partial charge is 0.362 e. The topological polar surface area (TPSA) is 3.24 Å². The Bertz CT molecular complexity index is 468. The molecule has 0 aliphatic carbocycles. The van der Waals surface area contributed by atoms with E-state index in [1.807, 2.05) is 0 Å². The Labute approximate surface area is 97.8 Å². The number of para-hydroxylation sites is 1. The molecule has 84 valence electrons. The van der Waals surface area contributed by atoms with E-state index in [0.29, 0.717) is 0 Å². The van der Waals surface area contributed by atoms with Gasteiger partial charge < -0.3 is 4.90 Å². The Balaban J connectivity index is 2.30. The zero-order valence-electron chi connectivity index (χ0n) is 10.4. The Morgan fingerprint density at radius 2 is 2.00 bits per heavy atom. The van der Waals surface area contributed by atoms with Crippen molar-refractivity contribution < 1.29 is 0 Å². The molecule has 1 fully saturated rings. The van der Waals surface area contributed by atoms with Gasteiger partial charge in [0.2, 0.25) is 0 Å². The molecule has 1 aromatic rings. The highest BCUT2D eigenvalue weighted by atomic mass is 15.2. The first kappa shape index (κ1) is 9.95. The lowest BCUT2D eigenvalue weighted by atomic mass is 9.85. The van der Waals surface area contributed by atoms with Crippen LogP contribution >= 0.6 is 0 Å². The molecule has 1 atom stereocenters. The number of rotatable bonds is 0. The van der Waals surface area contributed by atoms with Gasteiger partial charge in [-0.1, -0.05) is 23.8 Å². The molecule has 16 heavy (non-hydrogen) atoms. The third kappa shape index (κ3) is 1.06. The van der Waals surface area contributed by atoms with Crippen molar-refractivity contribution in [3.05, 3.63) is 35.4 Å². The van der Waals surface area contributed by atoms with Crippen LogP contribution in [-0.4, -0.2) is 12.1 Å². The van der Waals surface area contributed by atoms with Crippen molar-refractivity contribution in [2.45, 2.75) is 39.2 Å². The third-order valence-corrected chi connectivity index (χ3v) is 4.14. The zero-order valence-corrected chi connectivity index (χ0v) is 10.4. The number of allylic oxidation sites excluding steroid dienone is 1. The van der Waals surface area contributed by atoms with E-state index in [2.05, 4.69) is 49.9 Å². The Morgan fingerprint density at radius 1 is 1.25 bits per heavy atom. The van der Waals surface area contributed by atoms with Gasteiger partial charge >= 0.3 is 0 Å². The molecule has 0 unspecified atom stereocenters. The molecule has 0 amide bonds. The molecule has 2 heterocycles. The summed E-state index contributed by atoms with van der Waals surface area (Å²) in [5.41, 5.74) is 6.21. The molecular weight excluding hydrogens is 194 g/mol. The first-order valence-electron chi connectivity index (χ1n) is 6.19. The highest BCUT2D eigenvalue weighted by molar-refractivity contribution is 5.92. The second-order valence-corrected chi connectivity index (χ2v) is 5.42. The highest BCUT2D eigenvalue weighted by Gasteiger charge is 2.46. The lowest BCUT2D eigenvalue weighted by molar-refractivity contribution is 0.615. The van der Waals surface area contributed by atoms with Crippen molar-refractivity contribution in [2.24, 2.45) is 0 Å². The SMILES string of the molecule is CC(C)=C1c2ccccc2N2CCC[C@@]12C. The van der Waals surface area contributed by atoms with Crippen LogP contribution in [0.4, 0.5) is 5.69 Å². The molecule has 0 spiro atoms. The number of nitrogens with zero attached hydrogens (tertiary/aromatic N) is 1. The molecule has 1 aromatic carbocycles. The Kier molecular flexibility index (Phi) is 1.95. The molecule has 1 saturated heterocycles. The van der Waals surface area contributed by atoms with Crippen LogP contribution in [-0.2, 0) is 0 Å². The van der Waals surface area contributed by atoms with Gasteiger partial charge in [0, 0.05) is 17.8 Å². The van der Waals surface area contributed by atoms with E-state index in [9.17, 15) is 0 Å². The predicted octanol–water partition coefficient (Wildman–Crippen LogP) is 3.85. The van der Waals surface area contributed by atoms with E-state index in [4.69, 9.17) is 0 Å². The molecule has 0 bridgehead atoms. The van der Waals surface area contributed by atoms with Crippen molar-refractivity contribution in [3.8, 4) is 0 Å². The fraction of sp³-hybridized carbons (Fsp3) is 0.467. The summed E-state index contributed by atoms with van der Waals surface area (Å²) in [5, 5.41) is 0. The van der Waals surface area contributed by atoms with Crippen LogP contribution in [0.1, 0.15) is 39.2 Å². The van der Waals surface area contributed by atoms with Crippen molar-refractivity contribution in [1.29, 1.82) is 0 Å². The van der Waals surface area contributed by atoms with Crippen LogP contribution < -0.4 is 4.90 Å². The average molecular weight is 213 g/mol. The summed E-state index contributed by atoms with van der Waals surface area (Å²) >= 11 is 0. The molecule has 2 aliphatic rings. The maximum absolute atomic E-state index is 2.60. The van der Waals surface area contributed by atoms with E-state index in [1.165, 1.54) is 36.2 Å². The highest BCUT2D eigenvalue weighted by Crippen LogP contribution is 2.53.